The SMILES string of the molecule is Cc1ccc([N+](=O)[O-])c(OCc2cccc(C(F)(F)F)c2)c1. The molecule has 0 heterocycles. The molecule has 0 aromatic heterocycles. The summed E-state index contributed by atoms with van der Waals surface area (Å²) < 4.78 is 43.2. The first-order valence-corrected chi connectivity index (χ1v) is 6.31. The molecule has 0 aliphatic heterocycles. The lowest BCUT2D eigenvalue weighted by Gasteiger charge is -2.10. The summed E-state index contributed by atoms with van der Waals surface area (Å²) in [4.78, 5) is 10.3. The van der Waals surface area contributed by atoms with E-state index < -0.39 is 16.7 Å². The van der Waals surface area contributed by atoms with Gasteiger partial charge in [0.1, 0.15) is 6.61 Å². The topological polar surface area (TPSA) is 52.4 Å². The van der Waals surface area contributed by atoms with Crippen molar-refractivity contribution in [2.75, 3.05) is 0 Å². The van der Waals surface area contributed by atoms with E-state index in [4.69, 9.17) is 4.74 Å². The van der Waals surface area contributed by atoms with E-state index in [-0.39, 0.29) is 23.6 Å². The summed E-state index contributed by atoms with van der Waals surface area (Å²) in [6.07, 6.45) is -4.44. The third-order valence-electron chi connectivity index (χ3n) is 2.96. The second kappa shape index (κ2) is 6.05. The Hall–Kier alpha value is -2.57. The van der Waals surface area contributed by atoms with E-state index in [1.807, 2.05) is 0 Å². The molecule has 0 fully saturated rings. The molecule has 7 heteroatoms. The minimum absolute atomic E-state index is 0.0300. The number of aryl methyl sites for hydroxylation is 1. The van der Waals surface area contributed by atoms with Crippen molar-refractivity contribution >= 4 is 5.69 Å². The van der Waals surface area contributed by atoms with Crippen LogP contribution in [-0.2, 0) is 12.8 Å². The molecule has 0 amide bonds. The largest absolute Gasteiger partial charge is 0.482 e. The summed E-state index contributed by atoms with van der Waals surface area (Å²) in [5.74, 6) is 0.0300. The van der Waals surface area contributed by atoms with Crippen molar-refractivity contribution in [3.63, 3.8) is 0 Å². The number of nitro groups is 1. The highest BCUT2D eigenvalue weighted by molar-refractivity contribution is 5.48. The van der Waals surface area contributed by atoms with Crippen molar-refractivity contribution in [2.24, 2.45) is 0 Å². The first-order chi connectivity index (χ1) is 10.3. The number of alkyl halides is 3. The van der Waals surface area contributed by atoms with Gasteiger partial charge >= 0.3 is 11.9 Å². The predicted octanol–water partition coefficient (Wildman–Crippen LogP) is 4.50. The van der Waals surface area contributed by atoms with Crippen molar-refractivity contribution in [1.29, 1.82) is 0 Å². The number of rotatable bonds is 4. The molecule has 0 aliphatic carbocycles. The van der Waals surface area contributed by atoms with Gasteiger partial charge in [0.2, 0.25) is 0 Å². The zero-order chi connectivity index (χ0) is 16.3. The Morgan fingerprint density at radius 3 is 2.55 bits per heavy atom. The number of ether oxygens (including phenoxy) is 1. The number of benzene rings is 2. The Balaban J connectivity index is 2.20. The maximum atomic E-state index is 12.6. The molecule has 2 aromatic rings. The van der Waals surface area contributed by atoms with Gasteiger partial charge in [0.25, 0.3) is 0 Å². The van der Waals surface area contributed by atoms with Crippen LogP contribution in [0.5, 0.6) is 5.75 Å². The molecule has 0 atom stereocenters. The summed E-state index contributed by atoms with van der Waals surface area (Å²) in [6.45, 7) is 1.55. The summed E-state index contributed by atoms with van der Waals surface area (Å²) in [5.41, 5.74) is 0.0280. The Morgan fingerprint density at radius 1 is 1.18 bits per heavy atom. The molecule has 0 bridgehead atoms. The quantitative estimate of drug-likeness (QED) is 0.617. The van der Waals surface area contributed by atoms with Gasteiger partial charge in [-0.05, 0) is 36.2 Å². The van der Waals surface area contributed by atoms with Gasteiger partial charge in [-0.1, -0.05) is 18.2 Å². The molecule has 2 aromatic carbocycles. The van der Waals surface area contributed by atoms with Gasteiger partial charge in [0.15, 0.2) is 5.75 Å². The van der Waals surface area contributed by atoms with Crippen LogP contribution in [0, 0.1) is 17.0 Å². The molecule has 4 nitrogen and oxygen atoms in total. The molecule has 116 valence electrons. The average molecular weight is 311 g/mol. The molecule has 0 unspecified atom stereocenters. The fourth-order valence-electron chi connectivity index (χ4n) is 1.89. The Kier molecular flexibility index (Phi) is 4.35. The third kappa shape index (κ3) is 3.75. The Morgan fingerprint density at radius 2 is 1.91 bits per heavy atom. The van der Waals surface area contributed by atoms with Crippen molar-refractivity contribution in [3.05, 3.63) is 69.3 Å². The molecule has 0 spiro atoms. The molecular weight excluding hydrogens is 299 g/mol. The Labute approximate surface area is 124 Å². The number of nitro benzene ring substituents is 1. The summed E-state index contributed by atoms with van der Waals surface area (Å²) in [7, 11) is 0. The molecule has 0 radical (unpaired) electrons. The number of hydrogen-bond acceptors (Lipinski definition) is 3. The second-order valence-corrected chi connectivity index (χ2v) is 4.72. The van der Waals surface area contributed by atoms with Crippen LogP contribution in [0.4, 0.5) is 18.9 Å². The lowest BCUT2D eigenvalue weighted by Crippen LogP contribution is -2.06. The zero-order valence-electron chi connectivity index (χ0n) is 11.6. The molecular formula is C15H12F3NO3. The predicted molar refractivity (Wildman–Crippen MR) is 73.6 cm³/mol. The summed E-state index contributed by atoms with van der Waals surface area (Å²) in [5, 5.41) is 10.9. The number of hydrogen-bond donors (Lipinski definition) is 0. The molecule has 0 aliphatic rings. The van der Waals surface area contributed by atoms with Gasteiger partial charge < -0.3 is 4.74 Å². The highest BCUT2D eigenvalue weighted by atomic mass is 19.4. The Bertz CT molecular complexity index is 699. The van der Waals surface area contributed by atoms with E-state index in [9.17, 15) is 23.3 Å². The fourth-order valence-corrected chi connectivity index (χ4v) is 1.89. The minimum Gasteiger partial charge on any atom is -0.482 e. The van der Waals surface area contributed by atoms with E-state index in [0.29, 0.717) is 0 Å². The number of halogens is 3. The third-order valence-corrected chi connectivity index (χ3v) is 2.96. The van der Waals surface area contributed by atoms with Crippen LogP contribution < -0.4 is 4.74 Å². The summed E-state index contributed by atoms with van der Waals surface area (Å²) >= 11 is 0. The lowest BCUT2D eigenvalue weighted by atomic mass is 10.1. The van der Waals surface area contributed by atoms with E-state index in [2.05, 4.69) is 0 Å². The maximum Gasteiger partial charge on any atom is 0.416 e. The minimum atomic E-state index is -4.44. The van der Waals surface area contributed by atoms with Crippen molar-refractivity contribution in [2.45, 2.75) is 19.7 Å². The molecule has 0 N–H and O–H groups in total. The van der Waals surface area contributed by atoms with E-state index in [1.54, 1.807) is 13.0 Å². The van der Waals surface area contributed by atoms with E-state index in [0.717, 1.165) is 17.7 Å². The maximum absolute atomic E-state index is 12.6. The summed E-state index contributed by atoms with van der Waals surface area (Å²) in [6, 6.07) is 9.00. The molecule has 2 rings (SSSR count). The lowest BCUT2D eigenvalue weighted by molar-refractivity contribution is -0.386. The van der Waals surface area contributed by atoms with Crippen molar-refractivity contribution in [1.82, 2.24) is 0 Å². The zero-order valence-corrected chi connectivity index (χ0v) is 11.6. The smallest absolute Gasteiger partial charge is 0.416 e. The van der Waals surface area contributed by atoms with Crippen molar-refractivity contribution < 1.29 is 22.8 Å². The number of nitrogens with zero attached hydrogens (tertiary/aromatic N) is 1. The van der Waals surface area contributed by atoms with Crippen LogP contribution >= 0.6 is 0 Å². The van der Waals surface area contributed by atoms with Crippen LogP contribution in [0.1, 0.15) is 16.7 Å². The normalized spacial score (nSPS) is 11.3. The second-order valence-electron chi connectivity index (χ2n) is 4.72. The highest BCUT2D eigenvalue weighted by Gasteiger charge is 2.30. The average Bonchev–Trinajstić information content (AvgIpc) is 2.44. The van der Waals surface area contributed by atoms with Crippen LogP contribution in [-0.4, -0.2) is 4.92 Å². The highest BCUT2D eigenvalue weighted by Crippen LogP contribution is 2.31. The van der Waals surface area contributed by atoms with Crippen LogP contribution in [0.25, 0.3) is 0 Å². The first kappa shape index (κ1) is 15.8. The van der Waals surface area contributed by atoms with Crippen LogP contribution in [0.2, 0.25) is 0 Å². The van der Waals surface area contributed by atoms with Gasteiger partial charge in [-0.3, -0.25) is 10.1 Å². The van der Waals surface area contributed by atoms with Gasteiger partial charge in [-0.15, -0.1) is 0 Å². The van der Waals surface area contributed by atoms with Crippen LogP contribution in [0.3, 0.4) is 0 Å². The molecule has 22 heavy (non-hydrogen) atoms. The van der Waals surface area contributed by atoms with Gasteiger partial charge in [-0.2, -0.15) is 13.2 Å². The van der Waals surface area contributed by atoms with E-state index in [1.165, 1.54) is 24.3 Å². The van der Waals surface area contributed by atoms with Crippen LogP contribution in [0.15, 0.2) is 42.5 Å². The fraction of sp³-hybridized carbons (Fsp3) is 0.200. The van der Waals surface area contributed by atoms with E-state index >= 15 is 0 Å². The van der Waals surface area contributed by atoms with Gasteiger partial charge in [0, 0.05) is 6.07 Å². The van der Waals surface area contributed by atoms with Gasteiger partial charge in [-0.25, -0.2) is 0 Å². The molecule has 0 saturated heterocycles. The van der Waals surface area contributed by atoms with Gasteiger partial charge in [0.05, 0.1) is 10.5 Å². The van der Waals surface area contributed by atoms with Crippen molar-refractivity contribution in [3.8, 4) is 5.75 Å². The first-order valence-electron chi connectivity index (χ1n) is 6.31. The molecule has 0 saturated carbocycles. The standard InChI is InChI=1S/C15H12F3NO3/c1-10-5-6-13(19(20)21)14(7-10)22-9-11-3-2-4-12(8-11)15(16,17)18/h2-8H,9H2,1H3. The monoisotopic (exact) mass is 311 g/mol.